The van der Waals surface area contributed by atoms with E-state index in [1.54, 1.807) is 6.26 Å². The smallest absolute Gasteiger partial charge is 0.0935 e. The molecule has 0 aliphatic heterocycles. The van der Waals surface area contributed by atoms with E-state index in [0.717, 1.165) is 18.9 Å². The van der Waals surface area contributed by atoms with Crippen LogP contribution >= 0.6 is 0 Å². The van der Waals surface area contributed by atoms with Crippen molar-refractivity contribution in [3.63, 3.8) is 0 Å². The van der Waals surface area contributed by atoms with Crippen molar-refractivity contribution in [1.29, 1.82) is 0 Å². The van der Waals surface area contributed by atoms with Gasteiger partial charge in [0.15, 0.2) is 0 Å². The lowest BCUT2D eigenvalue weighted by Gasteiger charge is -2.26. The summed E-state index contributed by atoms with van der Waals surface area (Å²) < 4.78 is 5.18. The van der Waals surface area contributed by atoms with Crippen LogP contribution in [0, 0.1) is 5.92 Å². The molecule has 1 aromatic rings. The van der Waals surface area contributed by atoms with Gasteiger partial charge in [-0.15, -0.1) is 0 Å². The van der Waals surface area contributed by atoms with Crippen molar-refractivity contribution >= 4 is 0 Å². The van der Waals surface area contributed by atoms with Crippen molar-refractivity contribution in [3.05, 3.63) is 24.2 Å². The maximum absolute atomic E-state index is 5.18. The summed E-state index contributed by atoms with van der Waals surface area (Å²) in [4.78, 5) is 0. The van der Waals surface area contributed by atoms with E-state index >= 15 is 0 Å². The Morgan fingerprint density at radius 2 is 2.06 bits per heavy atom. The Bertz CT molecular complexity index is 286. The Balaban J connectivity index is 1.94. The zero-order chi connectivity index (χ0) is 11.9. The summed E-state index contributed by atoms with van der Waals surface area (Å²) in [6.07, 6.45) is 13.3. The molecule has 2 rings (SSSR count). The van der Waals surface area contributed by atoms with Gasteiger partial charge in [-0.05, 0) is 43.4 Å². The van der Waals surface area contributed by atoms with Gasteiger partial charge in [0.1, 0.15) is 0 Å². The van der Waals surface area contributed by atoms with Crippen LogP contribution in [0.1, 0.15) is 51.0 Å². The average Bonchev–Trinajstić information content (AvgIpc) is 2.69. The van der Waals surface area contributed by atoms with Crippen LogP contribution in [-0.4, -0.2) is 12.6 Å². The van der Waals surface area contributed by atoms with E-state index in [0.29, 0.717) is 6.04 Å². The number of hydrogen-bond donors (Lipinski definition) is 1. The van der Waals surface area contributed by atoms with Crippen molar-refractivity contribution < 1.29 is 4.42 Å². The summed E-state index contributed by atoms with van der Waals surface area (Å²) in [5, 5.41) is 3.68. The third kappa shape index (κ3) is 3.88. The van der Waals surface area contributed by atoms with Gasteiger partial charge in [-0.3, -0.25) is 0 Å². The normalized spacial score (nSPS) is 20.1. The summed E-state index contributed by atoms with van der Waals surface area (Å²) >= 11 is 0. The SMILES string of the molecule is CCNC(Cc1ccoc1)C1CCCCCC1. The summed E-state index contributed by atoms with van der Waals surface area (Å²) in [7, 11) is 0. The molecule has 2 heteroatoms. The van der Waals surface area contributed by atoms with Gasteiger partial charge < -0.3 is 9.73 Å². The van der Waals surface area contributed by atoms with E-state index in [-0.39, 0.29) is 0 Å². The first-order valence-electron chi connectivity index (χ1n) is 7.14. The highest BCUT2D eigenvalue weighted by atomic mass is 16.3. The van der Waals surface area contributed by atoms with E-state index in [9.17, 15) is 0 Å². The van der Waals surface area contributed by atoms with Gasteiger partial charge in [0.05, 0.1) is 12.5 Å². The molecule has 1 aliphatic carbocycles. The molecule has 96 valence electrons. The second-order valence-electron chi connectivity index (χ2n) is 5.25. The standard InChI is InChI=1S/C15H25NO/c1-2-16-15(11-13-9-10-17-12-13)14-7-5-3-4-6-8-14/h9-10,12,14-16H,2-8,11H2,1H3. The molecule has 0 aromatic carbocycles. The average molecular weight is 235 g/mol. The zero-order valence-electron chi connectivity index (χ0n) is 11.0. The largest absolute Gasteiger partial charge is 0.472 e. The van der Waals surface area contributed by atoms with Crippen molar-refractivity contribution in [2.24, 2.45) is 5.92 Å². The predicted molar refractivity (Wildman–Crippen MR) is 71.1 cm³/mol. The van der Waals surface area contributed by atoms with Crippen molar-refractivity contribution in [2.45, 2.75) is 57.9 Å². The maximum atomic E-state index is 5.18. The Labute approximate surface area is 105 Å². The molecule has 1 fully saturated rings. The van der Waals surface area contributed by atoms with Gasteiger partial charge in [0, 0.05) is 6.04 Å². The van der Waals surface area contributed by atoms with E-state index in [1.165, 1.54) is 44.1 Å². The predicted octanol–water partition coefficient (Wildman–Crippen LogP) is 3.77. The highest BCUT2D eigenvalue weighted by Gasteiger charge is 2.22. The first kappa shape index (κ1) is 12.7. The second kappa shape index (κ2) is 6.85. The van der Waals surface area contributed by atoms with Crippen LogP contribution in [0.5, 0.6) is 0 Å². The fourth-order valence-corrected chi connectivity index (χ4v) is 3.04. The number of hydrogen-bond acceptors (Lipinski definition) is 2. The molecule has 2 nitrogen and oxygen atoms in total. The molecule has 0 amide bonds. The quantitative estimate of drug-likeness (QED) is 0.786. The topological polar surface area (TPSA) is 25.2 Å². The molecular weight excluding hydrogens is 210 g/mol. The van der Waals surface area contributed by atoms with Crippen molar-refractivity contribution in [3.8, 4) is 0 Å². The Kier molecular flexibility index (Phi) is 5.11. The highest BCUT2D eigenvalue weighted by Crippen LogP contribution is 2.27. The first-order chi connectivity index (χ1) is 8.40. The molecule has 1 saturated carbocycles. The molecule has 1 aromatic heterocycles. The van der Waals surface area contributed by atoms with E-state index in [4.69, 9.17) is 4.42 Å². The van der Waals surface area contributed by atoms with E-state index in [1.807, 2.05) is 6.26 Å². The Morgan fingerprint density at radius 1 is 1.29 bits per heavy atom. The molecule has 1 unspecified atom stereocenters. The van der Waals surface area contributed by atoms with Gasteiger partial charge in [-0.25, -0.2) is 0 Å². The molecule has 1 N–H and O–H groups in total. The minimum absolute atomic E-state index is 0.635. The summed E-state index contributed by atoms with van der Waals surface area (Å²) in [5.74, 6) is 0.854. The molecule has 0 bridgehead atoms. The zero-order valence-corrected chi connectivity index (χ0v) is 11.0. The maximum Gasteiger partial charge on any atom is 0.0935 e. The summed E-state index contributed by atoms with van der Waals surface area (Å²) in [6.45, 7) is 3.28. The molecule has 17 heavy (non-hydrogen) atoms. The molecule has 1 aliphatic rings. The highest BCUT2D eigenvalue weighted by molar-refractivity contribution is 5.08. The monoisotopic (exact) mass is 235 g/mol. The summed E-state index contributed by atoms with van der Waals surface area (Å²) in [6, 6.07) is 2.73. The Morgan fingerprint density at radius 3 is 2.65 bits per heavy atom. The molecule has 1 heterocycles. The number of nitrogens with one attached hydrogen (secondary N) is 1. The number of furan rings is 1. The van der Waals surface area contributed by atoms with E-state index < -0.39 is 0 Å². The minimum atomic E-state index is 0.635. The lowest BCUT2D eigenvalue weighted by atomic mass is 9.88. The molecule has 0 saturated heterocycles. The van der Waals surface area contributed by atoms with Gasteiger partial charge >= 0.3 is 0 Å². The fourth-order valence-electron chi connectivity index (χ4n) is 3.04. The van der Waals surface area contributed by atoms with Crippen LogP contribution in [0.4, 0.5) is 0 Å². The summed E-state index contributed by atoms with van der Waals surface area (Å²) in [5.41, 5.74) is 1.33. The number of likely N-dealkylation sites (N-methyl/N-ethyl adjacent to an activating group) is 1. The molecular formula is C15H25NO. The van der Waals surface area contributed by atoms with Gasteiger partial charge in [0.25, 0.3) is 0 Å². The minimum Gasteiger partial charge on any atom is -0.472 e. The van der Waals surface area contributed by atoms with Gasteiger partial charge in [-0.1, -0.05) is 32.6 Å². The first-order valence-corrected chi connectivity index (χ1v) is 7.14. The van der Waals surface area contributed by atoms with Gasteiger partial charge in [0.2, 0.25) is 0 Å². The molecule has 1 atom stereocenters. The van der Waals surface area contributed by atoms with Crippen molar-refractivity contribution in [2.75, 3.05) is 6.54 Å². The van der Waals surface area contributed by atoms with E-state index in [2.05, 4.69) is 18.3 Å². The van der Waals surface area contributed by atoms with Crippen LogP contribution in [0.25, 0.3) is 0 Å². The Hall–Kier alpha value is -0.760. The van der Waals surface area contributed by atoms with Crippen molar-refractivity contribution in [1.82, 2.24) is 5.32 Å². The fraction of sp³-hybridized carbons (Fsp3) is 0.733. The molecule has 0 spiro atoms. The van der Waals surface area contributed by atoms with Crippen LogP contribution in [-0.2, 0) is 6.42 Å². The van der Waals surface area contributed by atoms with Crippen LogP contribution in [0.2, 0.25) is 0 Å². The lowest BCUT2D eigenvalue weighted by Crippen LogP contribution is -2.37. The van der Waals surface area contributed by atoms with Gasteiger partial charge in [-0.2, -0.15) is 0 Å². The third-order valence-electron chi connectivity index (χ3n) is 3.97. The molecule has 0 radical (unpaired) electrons. The van der Waals surface area contributed by atoms with Crippen LogP contribution < -0.4 is 5.32 Å². The number of rotatable bonds is 5. The van der Waals surface area contributed by atoms with Crippen LogP contribution in [0.15, 0.2) is 23.0 Å². The van der Waals surface area contributed by atoms with Crippen LogP contribution in [0.3, 0.4) is 0 Å². The second-order valence-corrected chi connectivity index (χ2v) is 5.25. The lowest BCUT2D eigenvalue weighted by molar-refractivity contribution is 0.321. The third-order valence-corrected chi connectivity index (χ3v) is 3.97.